The van der Waals surface area contributed by atoms with Crippen LogP contribution in [0.5, 0.6) is 0 Å². The van der Waals surface area contributed by atoms with E-state index >= 15 is 0 Å². The van der Waals surface area contributed by atoms with Gasteiger partial charge in [-0.15, -0.1) is 0 Å². The van der Waals surface area contributed by atoms with Gasteiger partial charge in [0.25, 0.3) is 0 Å². The van der Waals surface area contributed by atoms with Crippen molar-refractivity contribution < 1.29 is 63.1 Å². The standard InChI is InChI=1S/C42H79O13P/c1-3-5-7-9-11-13-15-17-18-19-21-22-24-26-28-30-35(43)52-32-34(54-36(44)31-29-27-25-23-20-16-14-12-10-8-6-4-2)33-53-56(50,51)55-42-40(48)38(46)37(45)39(47)41(42)49/h12,14,34,37-42,45-49H,3-11,13,15-33H2,1-2H3,(H,50,51)/b14-12+/t34-,37?,38-,39?,40?,41?,42?/m0/s1. The first-order chi connectivity index (χ1) is 26.9. The molecular weight excluding hydrogens is 743 g/mol. The molecule has 1 fully saturated rings. The summed E-state index contributed by atoms with van der Waals surface area (Å²) in [5.74, 6) is -1.10. The molecule has 0 radical (unpaired) electrons. The minimum atomic E-state index is -5.11. The van der Waals surface area contributed by atoms with E-state index in [0.717, 1.165) is 57.8 Å². The van der Waals surface area contributed by atoms with Crippen molar-refractivity contribution in [3.8, 4) is 0 Å². The number of esters is 2. The lowest BCUT2D eigenvalue weighted by molar-refractivity contribution is -0.220. The number of allylic oxidation sites excluding steroid dienone is 2. The zero-order valence-electron chi connectivity index (χ0n) is 34.7. The van der Waals surface area contributed by atoms with E-state index in [1.807, 2.05) is 0 Å². The van der Waals surface area contributed by atoms with Gasteiger partial charge >= 0.3 is 19.8 Å². The Morgan fingerprint density at radius 2 is 0.911 bits per heavy atom. The van der Waals surface area contributed by atoms with Crippen LogP contribution >= 0.6 is 7.82 Å². The SMILES string of the molecule is CCCCC/C=C/CCCCCCCC(=O)O[C@@H](COC(=O)CCCCCCCCCCCCCCCCC)COP(=O)(O)OC1C(O)C(O)C(O)[C@H](O)C1O. The number of hydrogen-bond donors (Lipinski definition) is 6. The fraction of sp³-hybridized carbons (Fsp3) is 0.905. The van der Waals surface area contributed by atoms with Crippen LogP contribution in [0.15, 0.2) is 12.2 Å². The summed E-state index contributed by atoms with van der Waals surface area (Å²) in [4.78, 5) is 35.6. The van der Waals surface area contributed by atoms with E-state index in [2.05, 4.69) is 26.0 Å². The number of hydrogen-bond acceptors (Lipinski definition) is 12. The zero-order valence-corrected chi connectivity index (χ0v) is 35.6. The maximum atomic E-state index is 12.8. The lowest BCUT2D eigenvalue weighted by Gasteiger charge is -2.41. The first-order valence-electron chi connectivity index (χ1n) is 22.0. The molecule has 0 heterocycles. The van der Waals surface area contributed by atoms with E-state index in [1.165, 1.54) is 89.9 Å². The highest BCUT2D eigenvalue weighted by atomic mass is 31.2. The number of carbonyl (C=O) groups excluding carboxylic acids is 2. The average molecular weight is 823 g/mol. The molecule has 0 aliphatic heterocycles. The number of phosphoric ester groups is 1. The molecule has 14 heteroatoms. The number of rotatable bonds is 36. The third-order valence-corrected chi connectivity index (χ3v) is 11.3. The number of aliphatic hydroxyl groups excluding tert-OH is 5. The summed E-state index contributed by atoms with van der Waals surface area (Å²) in [7, 11) is -5.11. The second-order valence-corrected chi connectivity index (χ2v) is 17.0. The first kappa shape index (κ1) is 52.6. The predicted molar refractivity (Wildman–Crippen MR) is 217 cm³/mol. The van der Waals surface area contributed by atoms with Crippen molar-refractivity contribution in [3.05, 3.63) is 12.2 Å². The van der Waals surface area contributed by atoms with Gasteiger partial charge < -0.3 is 39.9 Å². The highest BCUT2D eigenvalue weighted by molar-refractivity contribution is 7.47. The molecule has 6 unspecified atom stereocenters. The van der Waals surface area contributed by atoms with Crippen molar-refractivity contribution >= 4 is 19.8 Å². The molecule has 330 valence electrons. The Balaban J connectivity index is 2.47. The molecule has 0 spiro atoms. The maximum Gasteiger partial charge on any atom is 0.472 e. The molecule has 0 aromatic carbocycles. The van der Waals surface area contributed by atoms with Crippen molar-refractivity contribution in [2.75, 3.05) is 13.2 Å². The van der Waals surface area contributed by atoms with Gasteiger partial charge in [-0.3, -0.25) is 18.6 Å². The van der Waals surface area contributed by atoms with Crippen molar-refractivity contribution in [2.45, 2.75) is 230 Å². The third kappa shape index (κ3) is 25.8. The summed E-state index contributed by atoms with van der Waals surface area (Å²) in [6.45, 7) is 3.26. The van der Waals surface area contributed by atoms with E-state index < -0.39 is 75.7 Å². The predicted octanol–water partition coefficient (Wildman–Crippen LogP) is 7.89. The number of carbonyl (C=O) groups is 2. The van der Waals surface area contributed by atoms with Gasteiger partial charge in [-0.1, -0.05) is 148 Å². The van der Waals surface area contributed by atoms with Crippen molar-refractivity contribution in [2.24, 2.45) is 0 Å². The third-order valence-electron chi connectivity index (χ3n) is 10.4. The Morgan fingerprint density at radius 1 is 0.536 bits per heavy atom. The van der Waals surface area contributed by atoms with Gasteiger partial charge in [-0.05, 0) is 38.5 Å². The fourth-order valence-corrected chi connectivity index (χ4v) is 7.73. The molecule has 1 aliphatic carbocycles. The number of aliphatic hydroxyl groups is 5. The molecule has 1 rings (SSSR count). The summed E-state index contributed by atoms with van der Waals surface area (Å²) in [5.41, 5.74) is 0. The molecule has 13 nitrogen and oxygen atoms in total. The summed E-state index contributed by atoms with van der Waals surface area (Å²) in [6, 6.07) is 0. The monoisotopic (exact) mass is 823 g/mol. The van der Waals surface area contributed by atoms with Crippen LogP contribution in [0.25, 0.3) is 0 Å². The number of unbranched alkanes of at least 4 members (excludes halogenated alkanes) is 22. The summed E-state index contributed by atoms with van der Waals surface area (Å²) < 4.78 is 33.4. The minimum Gasteiger partial charge on any atom is -0.462 e. The van der Waals surface area contributed by atoms with Crippen LogP contribution in [-0.2, 0) is 32.7 Å². The minimum absolute atomic E-state index is 0.0900. The van der Waals surface area contributed by atoms with Gasteiger partial charge in [-0.25, -0.2) is 4.57 Å². The Bertz CT molecular complexity index is 1040. The Labute approximate surface area is 337 Å². The number of phosphoric acid groups is 1. The summed E-state index contributed by atoms with van der Waals surface area (Å²) in [6.07, 6.45) is 19.9. The van der Waals surface area contributed by atoms with E-state index in [0.29, 0.717) is 12.8 Å². The van der Waals surface area contributed by atoms with Gasteiger partial charge in [0.15, 0.2) is 6.10 Å². The number of ether oxygens (including phenoxy) is 2. The summed E-state index contributed by atoms with van der Waals surface area (Å²) >= 11 is 0. The van der Waals surface area contributed by atoms with Crippen LogP contribution in [0.2, 0.25) is 0 Å². The largest absolute Gasteiger partial charge is 0.472 e. The van der Waals surface area contributed by atoms with E-state index in [-0.39, 0.29) is 12.8 Å². The molecule has 0 aromatic heterocycles. The molecule has 56 heavy (non-hydrogen) atoms. The van der Waals surface area contributed by atoms with Gasteiger partial charge in [-0.2, -0.15) is 0 Å². The molecule has 1 saturated carbocycles. The topological polar surface area (TPSA) is 210 Å². The lowest BCUT2D eigenvalue weighted by Crippen LogP contribution is -2.64. The van der Waals surface area contributed by atoms with Crippen molar-refractivity contribution in [1.82, 2.24) is 0 Å². The van der Waals surface area contributed by atoms with Gasteiger partial charge in [0, 0.05) is 12.8 Å². The van der Waals surface area contributed by atoms with Gasteiger partial charge in [0.1, 0.15) is 43.2 Å². The van der Waals surface area contributed by atoms with Crippen LogP contribution in [0.4, 0.5) is 0 Å². The molecule has 0 saturated heterocycles. The normalized spacial score (nSPS) is 22.9. The second kappa shape index (κ2) is 33.4. The van der Waals surface area contributed by atoms with Crippen molar-refractivity contribution in [3.63, 3.8) is 0 Å². The highest BCUT2D eigenvalue weighted by Gasteiger charge is 2.51. The van der Waals surface area contributed by atoms with Crippen molar-refractivity contribution in [1.29, 1.82) is 0 Å². The smallest absolute Gasteiger partial charge is 0.462 e. The zero-order chi connectivity index (χ0) is 41.4. The Kier molecular flexibility index (Phi) is 31.4. The van der Waals surface area contributed by atoms with Crippen LogP contribution < -0.4 is 0 Å². The quantitative estimate of drug-likeness (QED) is 0.0154. The fourth-order valence-electron chi connectivity index (χ4n) is 6.75. The average Bonchev–Trinajstić information content (AvgIpc) is 3.18. The van der Waals surface area contributed by atoms with E-state index in [9.17, 15) is 44.6 Å². The molecule has 1 aliphatic rings. The highest BCUT2D eigenvalue weighted by Crippen LogP contribution is 2.47. The van der Waals surface area contributed by atoms with Gasteiger partial charge in [0.05, 0.1) is 6.61 Å². The molecule has 0 amide bonds. The first-order valence-corrected chi connectivity index (χ1v) is 23.5. The molecular formula is C42H79O13P. The van der Waals surface area contributed by atoms with Gasteiger partial charge in [0.2, 0.25) is 0 Å². The van der Waals surface area contributed by atoms with Crippen LogP contribution in [-0.4, -0.2) is 98.3 Å². The summed E-state index contributed by atoms with van der Waals surface area (Å²) in [5, 5.41) is 50.0. The van der Waals surface area contributed by atoms with Crippen LogP contribution in [0, 0.1) is 0 Å². The Morgan fingerprint density at radius 3 is 1.39 bits per heavy atom. The molecule has 8 atom stereocenters. The van der Waals surface area contributed by atoms with Crippen LogP contribution in [0.1, 0.15) is 187 Å². The molecule has 6 N–H and O–H groups in total. The second-order valence-electron chi connectivity index (χ2n) is 15.6. The Hall–Kier alpha value is -1.41. The maximum absolute atomic E-state index is 12.8. The lowest BCUT2D eigenvalue weighted by atomic mass is 9.85. The van der Waals surface area contributed by atoms with Crippen LogP contribution in [0.3, 0.4) is 0 Å². The van der Waals surface area contributed by atoms with E-state index in [4.69, 9.17) is 18.5 Å². The molecule has 0 bridgehead atoms. The van der Waals surface area contributed by atoms with E-state index in [1.54, 1.807) is 0 Å². The molecule has 0 aromatic rings.